The average Bonchev–Trinajstić information content (AvgIpc) is 2.98. The Hall–Kier alpha value is -2.39. The van der Waals surface area contributed by atoms with Crippen LogP contribution in [-0.4, -0.2) is 18.3 Å². The van der Waals surface area contributed by atoms with E-state index in [1.807, 2.05) is 6.20 Å². The summed E-state index contributed by atoms with van der Waals surface area (Å²) in [6.07, 6.45) is 2.00. The Bertz CT molecular complexity index is 1400. The van der Waals surface area contributed by atoms with Crippen molar-refractivity contribution in [3.63, 3.8) is 0 Å². The zero-order chi connectivity index (χ0) is 23.8. The summed E-state index contributed by atoms with van der Waals surface area (Å²) in [5.74, 6) is 7.44. The second-order valence-corrected chi connectivity index (χ2v) is 22.9. The van der Waals surface area contributed by atoms with Crippen LogP contribution in [0.5, 0.6) is 0 Å². The van der Waals surface area contributed by atoms with Crippen LogP contribution in [0.3, 0.4) is 0 Å². The van der Waals surface area contributed by atoms with Crippen molar-refractivity contribution in [3.8, 4) is 22.4 Å². The third kappa shape index (κ3) is 3.56. The van der Waals surface area contributed by atoms with E-state index in [9.17, 15) is 0 Å². The Morgan fingerprint density at radius 1 is 0.818 bits per heavy atom. The van der Waals surface area contributed by atoms with E-state index in [0.29, 0.717) is 0 Å². The Balaban J connectivity index is 1.78. The molecule has 1 nitrogen and oxygen atoms in total. The molecule has 0 bridgehead atoms. The summed E-state index contributed by atoms with van der Waals surface area (Å²) >= 11 is -1.93. The summed E-state index contributed by atoms with van der Waals surface area (Å²) < 4.78 is 1.57. The summed E-state index contributed by atoms with van der Waals surface area (Å²) in [5, 5.41) is 2.63. The molecule has 0 aliphatic heterocycles. The first-order valence-electron chi connectivity index (χ1n) is 12.1. The molecule has 3 aromatic carbocycles. The number of pyridine rings is 1. The van der Waals surface area contributed by atoms with Gasteiger partial charge < -0.3 is 0 Å². The zero-order valence-electron chi connectivity index (χ0n) is 21.3. The van der Waals surface area contributed by atoms with Crippen molar-refractivity contribution < 1.29 is 0 Å². The van der Waals surface area contributed by atoms with E-state index in [4.69, 9.17) is 4.98 Å². The SMILES string of the molecule is CC(C)(C)c1cc(-c2nccc3c2C(C)(C)c2c[c]([Ge]([CH3])([CH3])[CH3])ccc2-3)cc2ccccc12. The van der Waals surface area contributed by atoms with Crippen LogP contribution >= 0.6 is 0 Å². The van der Waals surface area contributed by atoms with E-state index in [2.05, 4.69) is 113 Å². The predicted octanol–water partition coefficient (Wildman–Crippen LogP) is 8.05. The van der Waals surface area contributed by atoms with Gasteiger partial charge in [0.25, 0.3) is 0 Å². The maximum atomic E-state index is 5.01. The average molecular weight is 494 g/mol. The topological polar surface area (TPSA) is 12.9 Å². The molecule has 0 radical (unpaired) electrons. The molecule has 0 unspecified atom stereocenters. The van der Waals surface area contributed by atoms with Gasteiger partial charge in [-0.15, -0.1) is 0 Å². The molecule has 1 heterocycles. The number of hydrogen-bond donors (Lipinski definition) is 0. The summed E-state index contributed by atoms with van der Waals surface area (Å²) in [6.45, 7) is 11.7. The molecule has 2 heteroatoms. The molecule has 1 aliphatic carbocycles. The number of hydrogen-bond acceptors (Lipinski definition) is 1. The van der Waals surface area contributed by atoms with Gasteiger partial charge in [0.2, 0.25) is 0 Å². The fourth-order valence-electron chi connectivity index (χ4n) is 5.50. The van der Waals surface area contributed by atoms with Crippen LogP contribution in [0, 0.1) is 0 Å². The van der Waals surface area contributed by atoms with Crippen LogP contribution < -0.4 is 4.40 Å². The Kier molecular flexibility index (Phi) is 4.96. The van der Waals surface area contributed by atoms with Gasteiger partial charge in [0.1, 0.15) is 0 Å². The molecule has 5 rings (SSSR count). The Labute approximate surface area is 201 Å². The second-order valence-electron chi connectivity index (χ2n) is 12.2. The predicted molar refractivity (Wildman–Crippen MR) is 146 cm³/mol. The van der Waals surface area contributed by atoms with Crippen molar-refractivity contribution in [1.82, 2.24) is 4.98 Å². The second kappa shape index (κ2) is 7.30. The van der Waals surface area contributed by atoms with Crippen LogP contribution in [0.4, 0.5) is 0 Å². The van der Waals surface area contributed by atoms with Gasteiger partial charge in [-0.05, 0) is 0 Å². The van der Waals surface area contributed by atoms with E-state index < -0.39 is 13.3 Å². The Morgan fingerprint density at radius 2 is 1.55 bits per heavy atom. The fourth-order valence-corrected chi connectivity index (χ4v) is 7.94. The minimum atomic E-state index is -1.93. The van der Waals surface area contributed by atoms with E-state index in [1.54, 1.807) is 4.40 Å². The Morgan fingerprint density at radius 3 is 2.24 bits per heavy atom. The molecule has 1 aromatic heterocycles. The first-order chi connectivity index (χ1) is 15.4. The van der Waals surface area contributed by atoms with Crippen LogP contribution in [0.25, 0.3) is 33.2 Å². The number of nitrogens with zero attached hydrogens (tertiary/aromatic N) is 1. The first kappa shape index (κ1) is 22.4. The molecule has 0 fully saturated rings. The van der Waals surface area contributed by atoms with Gasteiger partial charge in [-0.25, -0.2) is 0 Å². The summed E-state index contributed by atoms with van der Waals surface area (Å²) in [6, 6.07) is 23.0. The van der Waals surface area contributed by atoms with Crippen molar-refractivity contribution >= 4 is 28.4 Å². The van der Waals surface area contributed by atoms with Gasteiger partial charge in [0.05, 0.1) is 0 Å². The van der Waals surface area contributed by atoms with E-state index >= 15 is 0 Å². The molecule has 0 amide bonds. The number of aromatic nitrogens is 1. The minimum absolute atomic E-state index is 0.0555. The maximum absolute atomic E-state index is 5.01. The van der Waals surface area contributed by atoms with Crippen LogP contribution in [0.2, 0.25) is 17.3 Å². The zero-order valence-corrected chi connectivity index (χ0v) is 23.4. The van der Waals surface area contributed by atoms with Crippen molar-refractivity contribution in [2.75, 3.05) is 0 Å². The van der Waals surface area contributed by atoms with E-state index in [-0.39, 0.29) is 10.8 Å². The molecular formula is C31H35GeN. The van der Waals surface area contributed by atoms with Crippen molar-refractivity contribution in [1.29, 1.82) is 0 Å². The standard InChI is InChI=1S/C31H35GeN/c1-30(2,3)26-18-21(17-20-11-9-10-12-23(20)26)29-28-25(15-16-33-29)24-14-13-22(32(6,7)8)19-27(24)31(28,4)5/h9-19H,1-8H3. The molecule has 0 atom stereocenters. The molecular weight excluding hydrogens is 459 g/mol. The molecule has 0 saturated carbocycles. The molecule has 168 valence electrons. The summed E-state index contributed by atoms with van der Waals surface area (Å²) in [4.78, 5) is 5.01. The molecule has 1 aliphatic rings. The van der Waals surface area contributed by atoms with Gasteiger partial charge in [-0.2, -0.15) is 0 Å². The quantitative estimate of drug-likeness (QED) is 0.257. The summed E-state index contributed by atoms with van der Waals surface area (Å²) in [7, 11) is 0. The normalized spacial score (nSPS) is 14.9. The van der Waals surface area contributed by atoms with Gasteiger partial charge in [-0.1, -0.05) is 0 Å². The number of rotatable bonds is 2. The van der Waals surface area contributed by atoms with Gasteiger partial charge >= 0.3 is 202 Å². The summed E-state index contributed by atoms with van der Waals surface area (Å²) in [5.41, 5.74) is 9.27. The van der Waals surface area contributed by atoms with Gasteiger partial charge in [0, 0.05) is 0 Å². The van der Waals surface area contributed by atoms with Crippen LogP contribution in [0.1, 0.15) is 51.3 Å². The van der Waals surface area contributed by atoms with Crippen molar-refractivity contribution in [3.05, 3.63) is 83.6 Å². The van der Waals surface area contributed by atoms with Crippen LogP contribution in [0.15, 0.2) is 66.9 Å². The van der Waals surface area contributed by atoms with E-state index in [1.165, 1.54) is 44.2 Å². The van der Waals surface area contributed by atoms with Crippen molar-refractivity contribution in [2.45, 2.75) is 62.7 Å². The van der Waals surface area contributed by atoms with Gasteiger partial charge in [0.15, 0.2) is 0 Å². The fraction of sp³-hybridized carbons (Fsp3) is 0.323. The number of fused-ring (bicyclic) bond motifs is 4. The van der Waals surface area contributed by atoms with Crippen molar-refractivity contribution in [2.24, 2.45) is 0 Å². The van der Waals surface area contributed by atoms with E-state index in [0.717, 1.165) is 5.69 Å². The number of benzene rings is 3. The molecule has 0 saturated heterocycles. The molecule has 0 spiro atoms. The molecule has 0 N–H and O–H groups in total. The molecule has 33 heavy (non-hydrogen) atoms. The third-order valence-corrected chi connectivity index (χ3v) is 11.7. The molecule has 4 aromatic rings. The van der Waals surface area contributed by atoms with Gasteiger partial charge in [-0.3, -0.25) is 0 Å². The third-order valence-electron chi connectivity index (χ3n) is 7.37. The monoisotopic (exact) mass is 495 g/mol. The van der Waals surface area contributed by atoms with Crippen LogP contribution in [-0.2, 0) is 10.8 Å². The first-order valence-corrected chi connectivity index (χ1v) is 19.4.